The van der Waals surface area contributed by atoms with Crippen molar-refractivity contribution in [2.24, 2.45) is 0 Å². The minimum atomic E-state index is -0.806. The molecule has 0 aliphatic heterocycles. The highest BCUT2D eigenvalue weighted by Gasteiger charge is 2.10. The molecule has 0 fully saturated rings. The van der Waals surface area contributed by atoms with Crippen LogP contribution in [-0.2, 0) is 4.84 Å². The number of ether oxygens (including phenoxy) is 1. The van der Waals surface area contributed by atoms with Gasteiger partial charge in [0.05, 0.1) is 6.61 Å². The van der Waals surface area contributed by atoms with E-state index in [0.29, 0.717) is 13.0 Å². The van der Waals surface area contributed by atoms with Crippen LogP contribution in [0.4, 0.5) is 0 Å². The fraction of sp³-hybridized carbons (Fsp3) is 0.600. The molecule has 0 amide bonds. The van der Waals surface area contributed by atoms with E-state index in [0.717, 1.165) is 16.9 Å². The Balaban J connectivity index is 2.24. The summed E-state index contributed by atoms with van der Waals surface area (Å²) in [7, 11) is 0. The number of aliphatic hydroxyl groups excluding tert-OH is 1. The molecule has 1 rings (SSSR count). The number of benzene rings is 1. The Kier molecular flexibility index (Phi) is 7.62. The molecule has 1 aromatic rings. The fourth-order valence-corrected chi connectivity index (χ4v) is 1.87. The van der Waals surface area contributed by atoms with Crippen LogP contribution in [0.5, 0.6) is 5.75 Å². The van der Waals surface area contributed by atoms with Gasteiger partial charge in [0.1, 0.15) is 18.5 Å². The predicted molar refractivity (Wildman–Crippen MR) is 82.4 cm³/mol. The highest BCUT2D eigenvalue weighted by molar-refractivity contribution is 5.38. The average molecular weight is 312 g/mol. The zero-order chi connectivity index (χ0) is 16.5. The standard InChI is InChI=1S/C15H24N2O5/c1-11-5-4-6-15(13(11)3)21-10-14(18)9-16-12(2)7-8-22-17(19)20/h4-6,12,14,16,18H,7-10H2,1-3H3. The molecule has 2 atom stereocenters. The topological polar surface area (TPSA) is 93.9 Å². The minimum absolute atomic E-state index is 0.00954. The van der Waals surface area contributed by atoms with Gasteiger partial charge in [-0.2, -0.15) is 0 Å². The van der Waals surface area contributed by atoms with Crippen molar-refractivity contribution in [1.29, 1.82) is 0 Å². The monoisotopic (exact) mass is 312 g/mol. The van der Waals surface area contributed by atoms with E-state index in [1.807, 2.05) is 39.0 Å². The maximum absolute atomic E-state index is 10.0. The lowest BCUT2D eigenvalue weighted by Crippen LogP contribution is -2.37. The van der Waals surface area contributed by atoms with Crippen LogP contribution in [0.15, 0.2) is 18.2 Å². The van der Waals surface area contributed by atoms with Gasteiger partial charge in [-0.05, 0) is 44.4 Å². The van der Waals surface area contributed by atoms with Gasteiger partial charge >= 0.3 is 0 Å². The summed E-state index contributed by atoms with van der Waals surface area (Å²) < 4.78 is 5.62. The number of hydrogen-bond acceptors (Lipinski definition) is 6. The number of nitrogens with one attached hydrogen (secondary N) is 1. The van der Waals surface area contributed by atoms with Gasteiger partial charge in [0, 0.05) is 12.6 Å². The maximum Gasteiger partial charge on any atom is 0.294 e. The van der Waals surface area contributed by atoms with Crippen LogP contribution in [0.2, 0.25) is 0 Å². The molecule has 0 heterocycles. The Bertz CT molecular complexity index is 481. The van der Waals surface area contributed by atoms with Crippen molar-refractivity contribution in [3.05, 3.63) is 39.4 Å². The SMILES string of the molecule is Cc1cccc(OCC(O)CNC(C)CCO[N+](=O)[O-])c1C. The summed E-state index contributed by atoms with van der Waals surface area (Å²) in [4.78, 5) is 14.3. The van der Waals surface area contributed by atoms with Crippen molar-refractivity contribution < 1.29 is 19.8 Å². The molecule has 0 saturated heterocycles. The van der Waals surface area contributed by atoms with E-state index in [1.165, 1.54) is 0 Å². The van der Waals surface area contributed by atoms with Crippen molar-refractivity contribution in [3.8, 4) is 5.75 Å². The van der Waals surface area contributed by atoms with Gasteiger partial charge in [-0.3, -0.25) is 0 Å². The molecule has 2 N–H and O–H groups in total. The Hall–Kier alpha value is -1.86. The molecule has 7 nitrogen and oxygen atoms in total. The summed E-state index contributed by atoms with van der Waals surface area (Å²) in [5, 5.41) is 22.2. The van der Waals surface area contributed by atoms with E-state index >= 15 is 0 Å². The van der Waals surface area contributed by atoms with Gasteiger partial charge in [0.25, 0.3) is 5.09 Å². The van der Waals surface area contributed by atoms with Crippen molar-refractivity contribution >= 4 is 0 Å². The largest absolute Gasteiger partial charge is 0.491 e. The fourth-order valence-electron chi connectivity index (χ4n) is 1.87. The van der Waals surface area contributed by atoms with E-state index in [-0.39, 0.29) is 19.3 Å². The normalized spacial score (nSPS) is 13.5. The summed E-state index contributed by atoms with van der Waals surface area (Å²) in [6.45, 7) is 6.44. The quantitative estimate of drug-likeness (QED) is 0.503. The molecular weight excluding hydrogens is 288 g/mol. The van der Waals surface area contributed by atoms with Gasteiger partial charge in [0.2, 0.25) is 0 Å². The highest BCUT2D eigenvalue weighted by atomic mass is 16.9. The van der Waals surface area contributed by atoms with Gasteiger partial charge < -0.3 is 20.0 Å². The number of hydrogen-bond donors (Lipinski definition) is 2. The summed E-state index contributed by atoms with van der Waals surface area (Å²) in [6.07, 6.45) is -0.162. The van der Waals surface area contributed by atoms with Crippen LogP contribution >= 0.6 is 0 Å². The van der Waals surface area contributed by atoms with E-state index < -0.39 is 11.2 Å². The summed E-state index contributed by atoms with van der Waals surface area (Å²) in [5.74, 6) is 0.770. The van der Waals surface area contributed by atoms with E-state index in [9.17, 15) is 15.2 Å². The van der Waals surface area contributed by atoms with Gasteiger partial charge in [-0.25, -0.2) is 0 Å². The first-order valence-electron chi connectivity index (χ1n) is 7.28. The molecule has 0 aromatic heterocycles. The third kappa shape index (κ3) is 6.73. The predicted octanol–water partition coefficient (Wildman–Crippen LogP) is 1.62. The third-order valence-electron chi connectivity index (χ3n) is 3.44. The van der Waals surface area contributed by atoms with Crippen LogP contribution in [0, 0.1) is 24.0 Å². The molecule has 7 heteroatoms. The number of aliphatic hydroxyl groups is 1. The van der Waals surface area contributed by atoms with E-state index in [4.69, 9.17) is 4.74 Å². The zero-order valence-electron chi connectivity index (χ0n) is 13.2. The third-order valence-corrected chi connectivity index (χ3v) is 3.44. The average Bonchev–Trinajstić information content (AvgIpc) is 2.46. The summed E-state index contributed by atoms with van der Waals surface area (Å²) >= 11 is 0. The molecule has 124 valence electrons. The second-order valence-corrected chi connectivity index (χ2v) is 5.32. The Morgan fingerprint density at radius 2 is 2.14 bits per heavy atom. The molecule has 0 aliphatic rings. The van der Waals surface area contributed by atoms with Gasteiger partial charge in [-0.15, -0.1) is 10.1 Å². The first-order chi connectivity index (χ1) is 10.4. The van der Waals surface area contributed by atoms with Gasteiger partial charge in [0.15, 0.2) is 0 Å². The molecule has 0 radical (unpaired) electrons. The molecule has 0 spiro atoms. The summed E-state index contributed by atoms with van der Waals surface area (Å²) in [6, 6.07) is 5.81. The number of aryl methyl sites for hydroxylation is 1. The van der Waals surface area contributed by atoms with Crippen molar-refractivity contribution in [2.45, 2.75) is 39.3 Å². The summed E-state index contributed by atoms with van der Waals surface area (Å²) in [5.41, 5.74) is 2.21. The lowest BCUT2D eigenvalue weighted by atomic mass is 10.1. The molecular formula is C15H24N2O5. The van der Waals surface area contributed by atoms with Crippen LogP contribution in [0.3, 0.4) is 0 Å². The Morgan fingerprint density at radius 1 is 1.41 bits per heavy atom. The van der Waals surface area contributed by atoms with Crippen molar-refractivity contribution in [2.75, 3.05) is 19.8 Å². The van der Waals surface area contributed by atoms with Gasteiger partial charge in [-0.1, -0.05) is 12.1 Å². The maximum atomic E-state index is 10.0. The van der Waals surface area contributed by atoms with Crippen LogP contribution < -0.4 is 10.1 Å². The lowest BCUT2D eigenvalue weighted by molar-refractivity contribution is -0.757. The second kappa shape index (κ2) is 9.22. The molecule has 0 bridgehead atoms. The smallest absolute Gasteiger partial charge is 0.294 e. The molecule has 2 unspecified atom stereocenters. The van der Waals surface area contributed by atoms with E-state index in [1.54, 1.807) is 0 Å². The Morgan fingerprint density at radius 3 is 2.82 bits per heavy atom. The molecule has 1 aromatic carbocycles. The second-order valence-electron chi connectivity index (χ2n) is 5.32. The highest BCUT2D eigenvalue weighted by Crippen LogP contribution is 2.20. The first-order valence-corrected chi connectivity index (χ1v) is 7.28. The van der Waals surface area contributed by atoms with Crippen molar-refractivity contribution in [3.63, 3.8) is 0 Å². The van der Waals surface area contributed by atoms with E-state index in [2.05, 4.69) is 10.2 Å². The minimum Gasteiger partial charge on any atom is -0.491 e. The van der Waals surface area contributed by atoms with Crippen LogP contribution in [0.1, 0.15) is 24.5 Å². The zero-order valence-corrected chi connectivity index (χ0v) is 13.2. The molecule has 22 heavy (non-hydrogen) atoms. The number of rotatable bonds is 10. The first kappa shape index (κ1) is 18.2. The van der Waals surface area contributed by atoms with Crippen molar-refractivity contribution in [1.82, 2.24) is 5.32 Å². The Labute approximate surface area is 130 Å². The number of nitrogens with zero attached hydrogens (tertiary/aromatic N) is 1. The molecule has 0 aliphatic carbocycles. The van der Waals surface area contributed by atoms with Crippen LogP contribution in [0.25, 0.3) is 0 Å². The lowest BCUT2D eigenvalue weighted by Gasteiger charge is -2.18. The molecule has 0 saturated carbocycles. The van der Waals surface area contributed by atoms with Crippen LogP contribution in [-0.4, -0.2) is 42.1 Å².